The van der Waals surface area contributed by atoms with Gasteiger partial charge in [-0.15, -0.1) is 11.8 Å². The molecule has 0 aromatic heterocycles. The number of allylic oxidation sites excluding steroid dienone is 5. The normalized spacial score (nSPS) is 19.9. The van der Waals surface area contributed by atoms with Crippen LogP contribution in [0.25, 0.3) is 48.7 Å². The van der Waals surface area contributed by atoms with E-state index in [-0.39, 0.29) is 5.41 Å². The van der Waals surface area contributed by atoms with E-state index in [1.54, 1.807) is 0 Å². The summed E-state index contributed by atoms with van der Waals surface area (Å²) in [5.41, 5.74) is 7.88. The first kappa shape index (κ1) is 28.7. The van der Waals surface area contributed by atoms with Crippen LogP contribution >= 0.6 is 11.8 Å². The van der Waals surface area contributed by atoms with E-state index in [2.05, 4.69) is 176 Å². The molecular weight excluding hydrogens is 611 g/mol. The number of thioether (sulfide) groups is 1. The highest BCUT2D eigenvalue weighted by Crippen LogP contribution is 2.54. The molecule has 3 aliphatic rings. The third-order valence-corrected chi connectivity index (χ3v) is 12.2. The fraction of sp³-hybridized carbons (Fsp3) is 0.106. The van der Waals surface area contributed by atoms with Gasteiger partial charge in [-0.3, -0.25) is 0 Å². The Balaban J connectivity index is 1.26. The van der Waals surface area contributed by atoms with Crippen LogP contribution in [0.2, 0.25) is 0 Å². The van der Waals surface area contributed by atoms with Gasteiger partial charge in [0.1, 0.15) is 0 Å². The van der Waals surface area contributed by atoms with Gasteiger partial charge in [0.25, 0.3) is 0 Å². The van der Waals surface area contributed by atoms with Gasteiger partial charge in [-0.2, -0.15) is 0 Å². The van der Waals surface area contributed by atoms with Crippen molar-refractivity contribution in [1.29, 1.82) is 0 Å². The molecule has 10 rings (SSSR count). The number of nitrogens with zero attached hydrogens (tertiary/aromatic N) is 1. The van der Waals surface area contributed by atoms with Gasteiger partial charge in [0.05, 0.1) is 11.4 Å². The molecule has 2 aliphatic carbocycles. The highest BCUT2D eigenvalue weighted by molar-refractivity contribution is 8.00. The zero-order valence-corrected chi connectivity index (χ0v) is 28.3. The molecule has 0 saturated carbocycles. The van der Waals surface area contributed by atoms with E-state index < -0.39 is 0 Å². The second kappa shape index (κ2) is 11.1. The molecule has 1 heterocycles. The van der Waals surface area contributed by atoms with E-state index in [4.69, 9.17) is 0 Å². The maximum atomic E-state index is 2.59. The van der Waals surface area contributed by atoms with Gasteiger partial charge in [-0.25, -0.2) is 0 Å². The van der Waals surface area contributed by atoms with Crippen LogP contribution in [0.15, 0.2) is 180 Å². The summed E-state index contributed by atoms with van der Waals surface area (Å²) in [5.74, 6) is 0. The molecule has 2 atom stereocenters. The Hall–Kier alpha value is -5.31. The topological polar surface area (TPSA) is 3.24 Å². The third kappa shape index (κ3) is 4.47. The molecule has 234 valence electrons. The average molecular weight is 646 g/mol. The minimum atomic E-state index is -0.0600. The van der Waals surface area contributed by atoms with E-state index in [1.165, 1.54) is 81.8 Å². The number of anilines is 1. The molecule has 0 fully saturated rings. The monoisotopic (exact) mass is 645 g/mol. The third-order valence-electron chi connectivity index (χ3n) is 10.9. The molecule has 1 nitrogen and oxygen atoms in total. The first-order valence-corrected chi connectivity index (χ1v) is 18.2. The van der Waals surface area contributed by atoms with Crippen LogP contribution in [0.5, 0.6) is 0 Å². The second-order valence-electron chi connectivity index (χ2n) is 13.8. The molecule has 0 bridgehead atoms. The minimum Gasteiger partial charge on any atom is -0.310 e. The Kier molecular flexibility index (Phi) is 6.51. The van der Waals surface area contributed by atoms with Crippen molar-refractivity contribution >= 4 is 66.1 Å². The summed E-state index contributed by atoms with van der Waals surface area (Å²) in [6, 6.07) is 49.4. The van der Waals surface area contributed by atoms with Gasteiger partial charge in [0.2, 0.25) is 0 Å². The van der Waals surface area contributed by atoms with Crippen molar-refractivity contribution in [3.63, 3.8) is 0 Å². The number of rotatable bonds is 4. The lowest BCUT2D eigenvalue weighted by atomic mass is 9.76. The number of fused-ring (bicyclic) bond motifs is 10. The first-order valence-electron chi connectivity index (χ1n) is 17.3. The molecule has 0 amide bonds. The van der Waals surface area contributed by atoms with Crippen LogP contribution in [-0.4, -0.2) is 5.25 Å². The zero-order valence-electron chi connectivity index (χ0n) is 27.4. The second-order valence-corrected chi connectivity index (χ2v) is 15.1. The highest BCUT2D eigenvalue weighted by atomic mass is 32.2. The Labute approximate surface area is 291 Å². The van der Waals surface area contributed by atoms with Gasteiger partial charge in [0.15, 0.2) is 0 Å². The Bertz CT molecular complexity index is 2610. The van der Waals surface area contributed by atoms with E-state index in [1.807, 2.05) is 11.8 Å². The number of hydrogen-bond donors (Lipinski definition) is 0. The van der Waals surface area contributed by atoms with Crippen molar-refractivity contribution in [2.24, 2.45) is 0 Å². The van der Waals surface area contributed by atoms with Crippen LogP contribution in [0.1, 0.15) is 30.9 Å². The molecule has 2 heteroatoms. The highest BCUT2D eigenvalue weighted by Gasteiger charge is 2.36. The predicted molar refractivity (Wildman–Crippen MR) is 211 cm³/mol. The van der Waals surface area contributed by atoms with E-state index in [0.717, 1.165) is 12.8 Å². The molecule has 1 aliphatic heterocycles. The molecule has 0 spiro atoms. The lowest BCUT2D eigenvalue weighted by Gasteiger charge is -2.36. The summed E-state index contributed by atoms with van der Waals surface area (Å²) in [4.78, 5) is 3.98. The predicted octanol–water partition coefficient (Wildman–Crippen LogP) is 12.8. The fourth-order valence-corrected chi connectivity index (χ4v) is 9.77. The molecule has 7 aromatic carbocycles. The summed E-state index contributed by atoms with van der Waals surface area (Å²) in [5, 5.41) is 10.7. The maximum absolute atomic E-state index is 2.59. The zero-order chi connectivity index (χ0) is 32.5. The molecule has 2 unspecified atom stereocenters. The maximum Gasteiger partial charge on any atom is 0.0546 e. The van der Waals surface area contributed by atoms with Crippen molar-refractivity contribution in [3.05, 3.63) is 186 Å². The Morgan fingerprint density at radius 2 is 1.33 bits per heavy atom. The Morgan fingerprint density at radius 3 is 2.12 bits per heavy atom. The van der Waals surface area contributed by atoms with Crippen LogP contribution in [0.3, 0.4) is 0 Å². The largest absolute Gasteiger partial charge is 0.310 e. The van der Waals surface area contributed by atoms with Gasteiger partial charge in [-0.1, -0.05) is 146 Å². The Morgan fingerprint density at radius 1 is 0.653 bits per heavy atom. The van der Waals surface area contributed by atoms with E-state index in [9.17, 15) is 0 Å². The summed E-state index contributed by atoms with van der Waals surface area (Å²) in [6.45, 7) is 2.36. The summed E-state index contributed by atoms with van der Waals surface area (Å²) < 4.78 is 0. The van der Waals surface area contributed by atoms with Crippen LogP contribution in [0, 0.1) is 0 Å². The van der Waals surface area contributed by atoms with Crippen molar-refractivity contribution < 1.29 is 0 Å². The first-order chi connectivity index (χ1) is 24.2. The lowest BCUT2D eigenvalue weighted by Crippen LogP contribution is -2.28. The molecule has 0 radical (unpaired) electrons. The number of benzene rings is 7. The fourth-order valence-electron chi connectivity index (χ4n) is 8.42. The molecule has 49 heavy (non-hydrogen) atoms. The van der Waals surface area contributed by atoms with E-state index >= 15 is 0 Å². The standard InChI is InChI=1S/C47H35NS/c1-47(34-14-3-2-4-15-34)28-26-35(27-29-47)48(40-20-11-21-42-46(40)45-37-17-8-6-13-32(37)24-25-43(45)49-42)41-30-33-23-22-31-12-5-7-16-36(31)44(33)39-19-10-9-18-38(39)41/h2-20,22-28,30,42H,21,29H2,1H3. The van der Waals surface area contributed by atoms with Crippen molar-refractivity contribution in [2.75, 3.05) is 4.90 Å². The summed E-state index contributed by atoms with van der Waals surface area (Å²) in [6.07, 6.45) is 14.1. The average Bonchev–Trinajstić information content (AvgIpc) is 3.56. The number of hydrogen-bond acceptors (Lipinski definition) is 2. The SMILES string of the molecule is CC1(c2ccccc2)C=CC(N(C2=C3c4c(ccc5ccccc45)SC3CC=C2)c2cc3ccc4ccccc4c3c3ccccc23)=CC1. The van der Waals surface area contributed by atoms with Gasteiger partial charge >= 0.3 is 0 Å². The van der Waals surface area contributed by atoms with Gasteiger partial charge < -0.3 is 4.90 Å². The molecule has 0 saturated heterocycles. The molecular formula is C47H35NS. The minimum absolute atomic E-state index is 0.0600. The lowest BCUT2D eigenvalue weighted by molar-refractivity contribution is 0.595. The van der Waals surface area contributed by atoms with Crippen molar-refractivity contribution in [2.45, 2.75) is 35.3 Å². The molecule has 0 N–H and O–H groups in total. The van der Waals surface area contributed by atoms with Crippen LogP contribution in [0.4, 0.5) is 5.69 Å². The van der Waals surface area contributed by atoms with Crippen molar-refractivity contribution in [1.82, 2.24) is 0 Å². The van der Waals surface area contributed by atoms with Gasteiger partial charge in [-0.05, 0) is 86.0 Å². The van der Waals surface area contributed by atoms with Crippen molar-refractivity contribution in [3.8, 4) is 0 Å². The van der Waals surface area contributed by atoms with Crippen LogP contribution in [-0.2, 0) is 5.41 Å². The quantitative estimate of drug-likeness (QED) is 0.175. The summed E-state index contributed by atoms with van der Waals surface area (Å²) in [7, 11) is 0. The molecule has 7 aromatic rings. The smallest absolute Gasteiger partial charge is 0.0546 e. The summed E-state index contributed by atoms with van der Waals surface area (Å²) >= 11 is 2.03. The van der Waals surface area contributed by atoms with Crippen LogP contribution < -0.4 is 4.90 Å². The van der Waals surface area contributed by atoms with Gasteiger partial charge in [0, 0.05) is 32.2 Å². The van der Waals surface area contributed by atoms with E-state index in [0.29, 0.717) is 5.25 Å².